The van der Waals surface area contributed by atoms with E-state index in [4.69, 9.17) is 0 Å². The Kier molecular flexibility index (Phi) is 3.77. The summed E-state index contributed by atoms with van der Waals surface area (Å²) in [4.78, 5) is 3.60. The van der Waals surface area contributed by atoms with Crippen LogP contribution in [0.3, 0.4) is 0 Å². The van der Waals surface area contributed by atoms with Crippen LogP contribution in [0.4, 0.5) is 11.5 Å². The van der Waals surface area contributed by atoms with Gasteiger partial charge in [-0.2, -0.15) is 8.42 Å². The van der Waals surface area contributed by atoms with Gasteiger partial charge in [0.2, 0.25) is 0 Å². The van der Waals surface area contributed by atoms with Gasteiger partial charge in [-0.25, -0.2) is 4.98 Å². The van der Waals surface area contributed by atoms with Crippen molar-refractivity contribution in [3.8, 4) is 5.75 Å². The van der Waals surface area contributed by atoms with Gasteiger partial charge >= 0.3 is 0 Å². The highest BCUT2D eigenvalue weighted by molar-refractivity contribution is 7.86. The second kappa shape index (κ2) is 5.75. The number of benzene rings is 2. The van der Waals surface area contributed by atoms with Crippen molar-refractivity contribution in [3.05, 3.63) is 54.7 Å². The van der Waals surface area contributed by atoms with Gasteiger partial charge in [-0.1, -0.05) is 30.3 Å². The average molecular weight is 329 g/mol. The van der Waals surface area contributed by atoms with E-state index in [1.165, 1.54) is 18.3 Å². The van der Waals surface area contributed by atoms with Crippen molar-refractivity contribution in [2.75, 3.05) is 0 Å². The van der Waals surface area contributed by atoms with Crippen LogP contribution in [0.2, 0.25) is 0 Å². The molecule has 0 fully saturated rings. The number of fused-ring (bicyclic) bond motifs is 1. The number of hydrogen-bond acceptors (Lipinski definition) is 6. The zero-order valence-electron chi connectivity index (χ0n) is 11.7. The van der Waals surface area contributed by atoms with Crippen molar-refractivity contribution in [1.29, 1.82) is 0 Å². The van der Waals surface area contributed by atoms with E-state index in [1.54, 1.807) is 30.3 Å². The average Bonchev–Trinajstić information content (AvgIpc) is 2.54. The summed E-state index contributed by atoms with van der Waals surface area (Å²) >= 11 is 0. The third-order valence-corrected chi connectivity index (χ3v) is 4.04. The highest BCUT2D eigenvalue weighted by Gasteiger charge is 2.19. The van der Waals surface area contributed by atoms with E-state index in [0.29, 0.717) is 5.82 Å². The summed E-state index contributed by atoms with van der Waals surface area (Å²) < 4.78 is 32.5. The Bertz CT molecular complexity index is 1000. The summed E-state index contributed by atoms with van der Waals surface area (Å²) in [5.74, 6) is 0.0705. The van der Waals surface area contributed by atoms with Gasteiger partial charge in [-0.15, -0.1) is 10.2 Å². The number of hydrogen-bond donors (Lipinski definition) is 2. The van der Waals surface area contributed by atoms with Crippen LogP contribution in [0.1, 0.15) is 0 Å². The van der Waals surface area contributed by atoms with Crippen LogP contribution < -0.4 is 0 Å². The summed E-state index contributed by atoms with van der Waals surface area (Å²) in [7, 11) is -4.48. The molecule has 0 bridgehead atoms. The molecule has 0 radical (unpaired) electrons. The molecule has 3 rings (SSSR count). The van der Waals surface area contributed by atoms with Gasteiger partial charge in [-0.05, 0) is 18.2 Å². The van der Waals surface area contributed by atoms with Gasteiger partial charge in [0, 0.05) is 17.0 Å². The second-order valence-corrected chi connectivity index (χ2v) is 6.04. The third kappa shape index (κ3) is 3.03. The maximum absolute atomic E-state index is 11.6. The Morgan fingerprint density at radius 1 is 0.957 bits per heavy atom. The zero-order chi connectivity index (χ0) is 16.4. The van der Waals surface area contributed by atoms with Crippen LogP contribution in [0.25, 0.3) is 10.8 Å². The molecule has 23 heavy (non-hydrogen) atoms. The minimum absolute atomic E-state index is 0.0815. The number of rotatable bonds is 3. The standard InChI is InChI=1S/C15H11N3O4S/c19-15-11-6-2-1-5-10(11)13(23(20,21)22)9-12(15)17-18-14-7-3-4-8-16-14/h1-9,19H,(H,20,21,22)/b18-17+. The van der Waals surface area contributed by atoms with Gasteiger partial charge in [0.05, 0.1) is 0 Å². The molecular weight excluding hydrogens is 318 g/mol. The first kappa shape index (κ1) is 15.1. The summed E-state index contributed by atoms with van der Waals surface area (Å²) in [5.41, 5.74) is -0.0815. The molecule has 0 unspecified atom stereocenters. The Morgan fingerprint density at radius 2 is 1.65 bits per heavy atom. The molecule has 0 saturated carbocycles. The van der Waals surface area contributed by atoms with Gasteiger partial charge in [-0.3, -0.25) is 4.55 Å². The number of aromatic nitrogens is 1. The van der Waals surface area contributed by atoms with Gasteiger partial charge in [0.15, 0.2) is 11.6 Å². The molecule has 1 aromatic heterocycles. The quantitative estimate of drug-likeness (QED) is 0.563. The van der Waals surface area contributed by atoms with Gasteiger partial charge < -0.3 is 5.11 Å². The molecule has 0 amide bonds. The van der Waals surface area contributed by atoms with E-state index in [0.717, 1.165) is 6.07 Å². The Balaban J connectivity index is 2.22. The van der Waals surface area contributed by atoms with Crippen molar-refractivity contribution in [2.45, 2.75) is 4.90 Å². The monoisotopic (exact) mass is 329 g/mol. The SMILES string of the molecule is O=S(=O)(O)c1cc(/N=N/c2ccccn2)c(O)c2ccccc12. The summed E-state index contributed by atoms with van der Waals surface area (Å²) in [6, 6.07) is 12.3. The molecule has 2 aromatic carbocycles. The minimum atomic E-state index is -4.48. The Labute approximate surface area is 131 Å². The predicted octanol–water partition coefficient (Wildman–Crippen LogP) is 3.60. The molecule has 0 spiro atoms. The fraction of sp³-hybridized carbons (Fsp3) is 0. The number of aromatic hydroxyl groups is 1. The number of phenolic OH excluding ortho intramolecular Hbond substituents is 1. The third-order valence-electron chi connectivity index (χ3n) is 3.15. The molecule has 116 valence electrons. The van der Waals surface area contributed by atoms with Crippen LogP contribution in [-0.2, 0) is 10.1 Å². The van der Waals surface area contributed by atoms with Gasteiger partial charge in [0.25, 0.3) is 10.1 Å². The van der Waals surface area contributed by atoms with Crippen LogP contribution in [0.5, 0.6) is 5.75 Å². The van der Waals surface area contributed by atoms with E-state index in [2.05, 4.69) is 15.2 Å². The lowest BCUT2D eigenvalue weighted by Gasteiger charge is -2.08. The van der Waals surface area contributed by atoms with Gasteiger partial charge in [0.1, 0.15) is 10.6 Å². The first-order valence-electron chi connectivity index (χ1n) is 6.52. The summed E-state index contributed by atoms with van der Waals surface area (Å²) in [6.45, 7) is 0. The maximum atomic E-state index is 11.6. The molecule has 7 nitrogen and oxygen atoms in total. The van der Waals surface area contributed by atoms with Crippen LogP contribution >= 0.6 is 0 Å². The Morgan fingerprint density at radius 3 is 2.30 bits per heavy atom. The van der Waals surface area contributed by atoms with Crippen molar-refractivity contribution in [2.24, 2.45) is 10.2 Å². The molecule has 8 heteroatoms. The first-order valence-corrected chi connectivity index (χ1v) is 7.96. The topological polar surface area (TPSA) is 112 Å². The lowest BCUT2D eigenvalue weighted by atomic mass is 10.1. The maximum Gasteiger partial charge on any atom is 0.295 e. The highest BCUT2D eigenvalue weighted by Crippen LogP contribution is 2.39. The van der Waals surface area contributed by atoms with Crippen LogP contribution in [0, 0.1) is 0 Å². The smallest absolute Gasteiger partial charge is 0.295 e. The van der Waals surface area contributed by atoms with Crippen LogP contribution in [0.15, 0.2) is 69.9 Å². The molecule has 0 aliphatic heterocycles. The minimum Gasteiger partial charge on any atom is -0.505 e. The largest absolute Gasteiger partial charge is 0.505 e. The molecule has 0 aliphatic rings. The summed E-state index contributed by atoms with van der Waals surface area (Å²) in [6.07, 6.45) is 1.53. The number of pyridine rings is 1. The molecule has 0 saturated heterocycles. The second-order valence-electron chi connectivity index (χ2n) is 4.65. The van der Waals surface area contributed by atoms with Crippen molar-refractivity contribution in [3.63, 3.8) is 0 Å². The molecule has 3 aromatic rings. The number of azo groups is 1. The molecule has 0 aliphatic carbocycles. The molecular formula is C15H11N3O4S. The molecule has 1 heterocycles. The van der Waals surface area contributed by atoms with E-state index < -0.39 is 10.1 Å². The van der Waals surface area contributed by atoms with E-state index in [9.17, 15) is 18.1 Å². The highest BCUT2D eigenvalue weighted by atomic mass is 32.2. The van der Waals surface area contributed by atoms with Crippen molar-refractivity contribution >= 4 is 32.4 Å². The number of phenols is 1. The lowest BCUT2D eigenvalue weighted by molar-refractivity contribution is 0.480. The van der Waals surface area contributed by atoms with E-state index >= 15 is 0 Å². The molecule has 0 atom stereocenters. The normalized spacial score (nSPS) is 12.0. The lowest BCUT2D eigenvalue weighted by Crippen LogP contribution is -1.99. The van der Waals surface area contributed by atoms with Crippen LogP contribution in [-0.4, -0.2) is 23.1 Å². The first-order chi connectivity index (χ1) is 11.0. The molecule has 2 N–H and O–H groups in total. The fourth-order valence-corrected chi connectivity index (χ4v) is 2.84. The fourth-order valence-electron chi connectivity index (χ4n) is 2.12. The van der Waals surface area contributed by atoms with E-state index in [1.807, 2.05) is 0 Å². The van der Waals surface area contributed by atoms with Crippen molar-refractivity contribution in [1.82, 2.24) is 4.98 Å². The van der Waals surface area contributed by atoms with E-state index in [-0.39, 0.29) is 27.1 Å². The summed E-state index contributed by atoms with van der Waals surface area (Å²) in [5, 5.41) is 18.4. The predicted molar refractivity (Wildman–Crippen MR) is 83.8 cm³/mol. The number of nitrogens with zero attached hydrogens (tertiary/aromatic N) is 3. The van der Waals surface area contributed by atoms with Crippen molar-refractivity contribution < 1.29 is 18.1 Å². The Hall–Kier alpha value is -2.84. The zero-order valence-corrected chi connectivity index (χ0v) is 12.5.